The number of nitrogens with two attached hydrogens (primary N) is 1. The van der Waals surface area contributed by atoms with Gasteiger partial charge in [-0.2, -0.15) is 0 Å². The van der Waals surface area contributed by atoms with Crippen molar-refractivity contribution in [2.24, 2.45) is 17.6 Å². The van der Waals surface area contributed by atoms with Crippen LogP contribution in [-0.2, 0) is 40.0 Å². The lowest BCUT2D eigenvalue weighted by Gasteiger charge is -2.28. The lowest BCUT2D eigenvalue weighted by atomic mass is 9.99. The monoisotopic (exact) mass is 689 g/mol. The Morgan fingerprint density at radius 1 is 0.771 bits per heavy atom. The summed E-state index contributed by atoms with van der Waals surface area (Å²) >= 11 is 0.744. The number of nitrogens with one attached hydrogen (secondary N) is 6. The van der Waals surface area contributed by atoms with Crippen molar-refractivity contribution in [1.29, 1.82) is 0 Å². The van der Waals surface area contributed by atoms with Crippen LogP contribution in [0.5, 0.6) is 0 Å². The number of benzene rings is 1. The third kappa shape index (κ3) is 13.3. The molecule has 0 bridgehead atoms. The van der Waals surface area contributed by atoms with Crippen LogP contribution < -0.4 is 37.6 Å². The molecule has 2 rings (SSSR count). The molecule has 0 aromatic heterocycles. The fourth-order valence-electron chi connectivity index (χ4n) is 4.82. The molecule has 6 amide bonds. The van der Waals surface area contributed by atoms with Gasteiger partial charge in [-0.1, -0.05) is 69.8 Å². The van der Waals surface area contributed by atoms with Gasteiger partial charge in [0.05, 0.1) is 12.1 Å². The Hall–Kier alpha value is -3.98. The molecule has 8 N–H and O–H groups in total. The average molecular weight is 690 g/mol. The summed E-state index contributed by atoms with van der Waals surface area (Å²) in [6, 6.07) is 1.54. The summed E-state index contributed by atoms with van der Waals surface area (Å²) in [5.41, 5.74) is 6.34. The van der Waals surface area contributed by atoms with Crippen LogP contribution >= 0.6 is 11.8 Å². The van der Waals surface area contributed by atoms with Gasteiger partial charge in [-0.05, 0) is 51.0 Å². The van der Waals surface area contributed by atoms with Gasteiger partial charge in [-0.15, -0.1) is 0 Å². The standard InChI is InChI=1S/C33H51N7O7S/c1-17(2)13-23-30(44)39-25(14-18(3)4)33(47)48-16-26(40-29(43)20(6)35-27(41)19(5)34)32(46)36-21(7)28(42)37-24(31(45)38-23)15-22-11-9-8-10-12-22/h8-12,17-21,23-26H,13-16,34H2,1-7H3,(H,35,41)(H,36,46)(H,37,42)(H,38,45)(H,39,44)(H,40,43)/t19-,20-,21-,23-,24-,25-,26-/m0/s1. The van der Waals surface area contributed by atoms with Crippen molar-refractivity contribution < 1.29 is 33.6 Å². The van der Waals surface area contributed by atoms with Gasteiger partial charge in [0.15, 0.2) is 0 Å². The molecule has 7 atom stereocenters. The number of thioether (sulfide) groups is 1. The fraction of sp³-hybridized carbons (Fsp3) is 0.606. The second kappa shape index (κ2) is 19.1. The van der Waals surface area contributed by atoms with Gasteiger partial charge >= 0.3 is 0 Å². The molecule has 1 aliphatic heterocycles. The molecule has 1 saturated heterocycles. The summed E-state index contributed by atoms with van der Waals surface area (Å²) in [4.78, 5) is 92.7. The van der Waals surface area contributed by atoms with Crippen molar-refractivity contribution in [2.75, 3.05) is 5.75 Å². The maximum Gasteiger partial charge on any atom is 0.244 e. The Morgan fingerprint density at radius 3 is 1.90 bits per heavy atom. The predicted octanol–water partition coefficient (Wildman–Crippen LogP) is -0.109. The van der Waals surface area contributed by atoms with Crippen LogP contribution in [-0.4, -0.2) is 88.6 Å². The van der Waals surface area contributed by atoms with E-state index in [0.29, 0.717) is 0 Å². The number of amides is 6. The van der Waals surface area contributed by atoms with Crippen LogP contribution in [0.3, 0.4) is 0 Å². The minimum absolute atomic E-state index is 0.00211. The number of hydrogen-bond donors (Lipinski definition) is 7. The lowest BCUT2D eigenvalue weighted by Crippen LogP contribution is -2.60. The molecule has 1 aromatic rings. The maximum atomic E-state index is 13.7. The normalized spacial score (nSPS) is 24.5. The van der Waals surface area contributed by atoms with Crippen LogP contribution in [0, 0.1) is 11.8 Å². The zero-order valence-corrected chi connectivity index (χ0v) is 29.6. The smallest absolute Gasteiger partial charge is 0.244 e. The lowest BCUT2D eigenvalue weighted by molar-refractivity contribution is -0.135. The summed E-state index contributed by atoms with van der Waals surface area (Å²) in [6.45, 7) is 11.9. The van der Waals surface area contributed by atoms with E-state index >= 15 is 0 Å². The average Bonchev–Trinajstić information content (AvgIpc) is 3.00. The van der Waals surface area contributed by atoms with Crippen molar-refractivity contribution in [2.45, 2.75) is 110 Å². The molecule has 0 spiro atoms. The van der Waals surface area contributed by atoms with Crippen LogP contribution in [0.1, 0.15) is 66.9 Å². The number of carbonyl (C=O) groups excluding carboxylic acids is 7. The van der Waals surface area contributed by atoms with E-state index in [1.165, 1.54) is 20.8 Å². The summed E-state index contributed by atoms with van der Waals surface area (Å²) in [6.07, 6.45) is 0.661. The van der Waals surface area contributed by atoms with Crippen LogP contribution in [0.15, 0.2) is 30.3 Å². The molecule has 0 unspecified atom stereocenters. The highest BCUT2D eigenvalue weighted by Gasteiger charge is 2.34. The SMILES string of the molecule is CC(C)C[C@@H]1NC(=O)[C@H](Cc2ccccc2)NC(=O)[C@H](C)NC(=O)[C@@H](NC(=O)[C@H](C)NC(=O)[C@H](C)N)CSC(=O)[C@H](CC(C)C)NC1=O. The highest BCUT2D eigenvalue weighted by Crippen LogP contribution is 2.17. The van der Waals surface area contributed by atoms with E-state index in [4.69, 9.17) is 5.73 Å². The van der Waals surface area contributed by atoms with E-state index in [1.807, 2.05) is 33.8 Å². The topological polar surface area (TPSA) is 218 Å². The second-order valence-electron chi connectivity index (χ2n) is 13.1. The molecule has 1 aromatic carbocycles. The van der Waals surface area contributed by atoms with Crippen molar-refractivity contribution in [3.63, 3.8) is 0 Å². The Morgan fingerprint density at radius 2 is 1.31 bits per heavy atom. The Labute approximate surface area is 286 Å². The molecule has 0 aliphatic carbocycles. The van der Waals surface area contributed by atoms with E-state index in [0.717, 1.165) is 17.3 Å². The highest BCUT2D eigenvalue weighted by atomic mass is 32.2. The quantitative estimate of drug-likeness (QED) is 0.174. The zero-order valence-electron chi connectivity index (χ0n) is 28.8. The Bertz CT molecular complexity index is 1310. The first-order valence-corrected chi connectivity index (χ1v) is 17.2. The molecule has 1 fully saturated rings. The maximum absolute atomic E-state index is 13.7. The van der Waals surface area contributed by atoms with E-state index in [2.05, 4.69) is 31.9 Å². The zero-order chi connectivity index (χ0) is 36.1. The Balaban J connectivity index is 2.49. The summed E-state index contributed by atoms with van der Waals surface area (Å²) in [5, 5.41) is 15.4. The van der Waals surface area contributed by atoms with Gasteiger partial charge in [0, 0.05) is 12.2 Å². The fourth-order valence-corrected chi connectivity index (χ4v) is 5.75. The van der Waals surface area contributed by atoms with Gasteiger partial charge < -0.3 is 37.6 Å². The van der Waals surface area contributed by atoms with Crippen molar-refractivity contribution in [3.05, 3.63) is 35.9 Å². The predicted molar refractivity (Wildman–Crippen MR) is 183 cm³/mol. The van der Waals surface area contributed by atoms with Gasteiger partial charge in [-0.3, -0.25) is 33.6 Å². The summed E-state index contributed by atoms with van der Waals surface area (Å²) in [7, 11) is 0. The largest absolute Gasteiger partial charge is 0.344 e. The first-order valence-electron chi connectivity index (χ1n) is 16.3. The summed E-state index contributed by atoms with van der Waals surface area (Å²) in [5.74, 6) is -4.12. The minimum atomic E-state index is -1.31. The van der Waals surface area contributed by atoms with Gasteiger partial charge in [0.1, 0.15) is 30.2 Å². The van der Waals surface area contributed by atoms with Gasteiger partial charge in [-0.25, -0.2) is 0 Å². The Kier molecular flexibility index (Phi) is 16.0. The minimum Gasteiger partial charge on any atom is -0.344 e. The van der Waals surface area contributed by atoms with Crippen molar-refractivity contribution in [1.82, 2.24) is 31.9 Å². The number of carbonyl (C=O) groups is 7. The molecular weight excluding hydrogens is 638 g/mol. The molecule has 15 heteroatoms. The van der Waals surface area contributed by atoms with Crippen LogP contribution in [0.4, 0.5) is 0 Å². The third-order valence-corrected chi connectivity index (χ3v) is 8.58. The van der Waals surface area contributed by atoms with E-state index in [1.54, 1.807) is 24.3 Å². The van der Waals surface area contributed by atoms with Crippen LogP contribution in [0.2, 0.25) is 0 Å². The van der Waals surface area contributed by atoms with Gasteiger partial charge in [0.25, 0.3) is 0 Å². The van der Waals surface area contributed by atoms with Crippen molar-refractivity contribution >= 4 is 52.3 Å². The van der Waals surface area contributed by atoms with Crippen LogP contribution in [0.25, 0.3) is 0 Å². The molecule has 0 radical (unpaired) electrons. The molecular formula is C33H51N7O7S. The molecule has 1 aliphatic rings. The highest BCUT2D eigenvalue weighted by molar-refractivity contribution is 8.13. The first-order chi connectivity index (χ1) is 22.5. The molecule has 0 saturated carbocycles. The van der Waals surface area contributed by atoms with E-state index < -0.39 is 82.9 Å². The number of rotatable bonds is 10. The second-order valence-corrected chi connectivity index (χ2v) is 14.1. The van der Waals surface area contributed by atoms with E-state index in [9.17, 15) is 33.6 Å². The van der Waals surface area contributed by atoms with E-state index in [-0.39, 0.29) is 36.9 Å². The summed E-state index contributed by atoms with van der Waals surface area (Å²) < 4.78 is 0. The molecule has 14 nitrogen and oxygen atoms in total. The molecule has 48 heavy (non-hydrogen) atoms. The number of hydrogen-bond acceptors (Lipinski definition) is 9. The van der Waals surface area contributed by atoms with Crippen molar-refractivity contribution in [3.8, 4) is 0 Å². The molecule has 1 heterocycles. The van der Waals surface area contributed by atoms with Gasteiger partial charge in [0.2, 0.25) is 40.6 Å². The third-order valence-electron chi connectivity index (χ3n) is 7.51. The first kappa shape index (κ1) is 40.2. The molecule has 266 valence electrons.